The summed E-state index contributed by atoms with van der Waals surface area (Å²) in [5.74, 6) is 0.412. The Labute approximate surface area is 162 Å². The summed E-state index contributed by atoms with van der Waals surface area (Å²) in [7, 11) is 0. The molecule has 0 aliphatic heterocycles. The largest absolute Gasteiger partial charge is 0.306 e. The van der Waals surface area contributed by atoms with Gasteiger partial charge in [0, 0.05) is 22.2 Å². The number of nitrogens with zero attached hydrogens (tertiary/aromatic N) is 2. The average Bonchev–Trinajstić information content (AvgIpc) is 3.13. The molecule has 132 valence electrons. The van der Waals surface area contributed by atoms with E-state index < -0.39 is 0 Å². The molecule has 0 spiro atoms. The zero-order valence-electron chi connectivity index (χ0n) is 14.3. The summed E-state index contributed by atoms with van der Waals surface area (Å²) < 4.78 is 1.73. The summed E-state index contributed by atoms with van der Waals surface area (Å²) in [5, 5.41) is 8.31. The van der Waals surface area contributed by atoms with E-state index in [0.717, 1.165) is 16.9 Å². The zero-order valence-corrected chi connectivity index (χ0v) is 15.1. The predicted octanol–water partition coefficient (Wildman–Crippen LogP) is 5.45. The van der Waals surface area contributed by atoms with E-state index in [4.69, 9.17) is 11.6 Å². The summed E-state index contributed by atoms with van der Waals surface area (Å²) in [6.07, 6.45) is 0. The summed E-state index contributed by atoms with van der Waals surface area (Å²) in [6, 6.07) is 28.1. The van der Waals surface area contributed by atoms with Gasteiger partial charge in [0.15, 0.2) is 0 Å². The van der Waals surface area contributed by atoms with Crippen molar-refractivity contribution in [2.75, 3.05) is 5.32 Å². The van der Waals surface area contributed by atoms with Crippen molar-refractivity contribution in [2.45, 2.75) is 0 Å². The number of hydrogen-bond acceptors (Lipinski definition) is 2. The number of aromatic nitrogens is 2. The summed E-state index contributed by atoms with van der Waals surface area (Å²) >= 11 is 5.99. The Balaban J connectivity index is 1.74. The van der Waals surface area contributed by atoms with Gasteiger partial charge in [-0.2, -0.15) is 5.10 Å². The summed E-state index contributed by atoms with van der Waals surface area (Å²) in [5.41, 5.74) is 3.12. The first kappa shape index (κ1) is 17.1. The van der Waals surface area contributed by atoms with Gasteiger partial charge in [-0.3, -0.25) is 4.79 Å². The van der Waals surface area contributed by atoms with Gasteiger partial charge in [-0.05, 0) is 36.4 Å². The molecule has 5 heteroatoms. The SMILES string of the molecule is O=C(Nc1cc(-c2ccc(Cl)cc2)nn1-c1ccccc1)c1ccccc1. The van der Waals surface area contributed by atoms with Crippen LogP contribution in [0.25, 0.3) is 16.9 Å². The van der Waals surface area contributed by atoms with E-state index in [1.807, 2.05) is 78.9 Å². The second-order valence-corrected chi connectivity index (χ2v) is 6.43. The number of rotatable bonds is 4. The number of hydrogen-bond donors (Lipinski definition) is 1. The van der Waals surface area contributed by atoms with Gasteiger partial charge >= 0.3 is 0 Å². The van der Waals surface area contributed by atoms with Crippen molar-refractivity contribution >= 4 is 23.3 Å². The summed E-state index contributed by atoms with van der Waals surface area (Å²) in [6.45, 7) is 0. The molecule has 0 atom stereocenters. The minimum absolute atomic E-state index is 0.185. The van der Waals surface area contributed by atoms with Crippen molar-refractivity contribution < 1.29 is 4.79 Å². The maximum Gasteiger partial charge on any atom is 0.256 e. The normalized spacial score (nSPS) is 10.6. The van der Waals surface area contributed by atoms with Crippen molar-refractivity contribution in [3.63, 3.8) is 0 Å². The molecule has 27 heavy (non-hydrogen) atoms. The maximum absolute atomic E-state index is 12.6. The van der Waals surface area contributed by atoms with E-state index in [2.05, 4.69) is 10.4 Å². The standard InChI is InChI=1S/C22H16ClN3O/c23-18-13-11-16(12-14-18)20-15-21(24-22(27)17-7-3-1-4-8-17)26(25-20)19-9-5-2-6-10-19/h1-15H,(H,24,27). The van der Waals surface area contributed by atoms with Gasteiger partial charge in [-0.15, -0.1) is 0 Å². The van der Waals surface area contributed by atoms with Crippen LogP contribution in [0, 0.1) is 0 Å². The van der Waals surface area contributed by atoms with E-state index in [1.165, 1.54) is 0 Å². The summed E-state index contributed by atoms with van der Waals surface area (Å²) in [4.78, 5) is 12.6. The molecule has 4 aromatic rings. The fourth-order valence-electron chi connectivity index (χ4n) is 2.78. The molecule has 4 rings (SSSR count). The van der Waals surface area contributed by atoms with Gasteiger partial charge in [0.2, 0.25) is 0 Å². The number of halogens is 1. The van der Waals surface area contributed by atoms with Gasteiger partial charge in [0.25, 0.3) is 5.91 Å². The molecule has 0 aliphatic rings. The third-order valence-electron chi connectivity index (χ3n) is 4.13. The molecule has 0 radical (unpaired) electrons. The number of amides is 1. The predicted molar refractivity (Wildman–Crippen MR) is 108 cm³/mol. The van der Waals surface area contributed by atoms with Crippen LogP contribution in [0.4, 0.5) is 5.82 Å². The third-order valence-corrected chi connectivity index (χ3v) is 4.38. The molecule has 0 fully saturated rings. The topological polar surface area (TPSA) is 46.9 Å². The van der Waals surface area contributed by atoms with Gasteiger partial charge in [-0.1, -0.05) is 60.1 Å². The molecule has 3 aromatic carbocycles. The number of carbonyl (C=O) groups is 1. The molecule has 0 saturated heterocycles. The van der Waals surface area contributed by atoms with E-state index in [1.54, 1.807) is 16.8 Å². The van der Waals surface area contributed by atoms with Gasteiger partial charge in [-0.25, -0.2) is 4.68 Å². The Hall–Kier alpha value is -3.37. The molecule has 1 aromatic heterocycles. The van der Waals surface area contributed by atoms with Crippen molar-refractivity contribution in [3.8, 4) is 16.9 Å². The third kappa shape index (κ3) is 3.76. The minimum Gasteiger partial charge on any atom is -0.306 e. The lowest BCUT2D eigenvalue weighted by Crippen LogP contribution is -2.14. The lowest BCUT2D eigenvalue weighted by atomic mass is 10.1. The maximum atomic E-state index is 12.6. The number of para-hydroxylation sites is 1. The molecule has 4 nitrogen and oxygen atoms in total. The number of anilines is 1. The lowest BCUT2D eigenvalue weighted by Gasteiger charge is -2.08. The van der Waals surface area contributed by atoms with Crippen LogP contribution in [0.2, 0.25) is 5.02 Å². The molecular weight excluding hydrogens is 358 g/mol. The van der Waals surface area contributed by atoms with Crippen molar-refractivity contribution in [1.29, 1.82) is 0 Å². The average molecular weight is 374 g/mol. The van der Waals surface area contributed by atoms with Crippen LogP contribution < -0.4 is 5.32 Å². The fourth-order valence-corrected chi connectivity index (χ4v) is 2.90. The number of benzene rings is 3. The molecule has 0 unspecified atom stereocenters. The molecule has 1 heterocycles. The lowest BCUT2D eigenvalue weighted by molar-refractivity contribution is 0.102. The van der Waals surface area contributed by atoms with Gasteiger partial charge in [0.1, 0.15) is 5.82 Å². The number of carbonyl (C=O) groups excluding carboxylic acids is 1. The first-order chi connectivity index (χ1) is 13.2. The monoisotopic (exact) mass is 373 g/mol. The highest BCUT2D eigenvalue weighted by Gasteiger charge is 2.14. The smallest absolute Gasteiger partial charge is 0.256 e. The highest BCUT2D eigenvalue weighted by molar-refractivity contribution is 6.30. The molecule has 1 amide bonds. The van der Waals surface area contributed by atoms with Crippen LogP contribution in [0.15, 0.2) is 91.0 Å². The van der Waals surface area contributed by atoms with Crippen LogP contribution in [0.5, 0.6) is 0 Å². The van der Waals surface area contributed by atoms with E-state index in [0.29, 0.717) is 16.4 Å². The first-order valence-electron chi connectivity index (χ1n) is 8.48. The highest BCUT2D eigenvalue weighted by Crippen LogP contribution is 2.26. The molecular formula is C22H16ClN3O. The van der Waals surface area contributed by atoms with Crippen LogP contribution in [-0.4, -0.2) is 15.7 Å². The molecule has 1 N–H and O–H groups in total. The minimum atomic E-state index is -0.185. The second kappa shape index (κ2) is 7.48. The Morgan fingerprint density at radius 3 is 2.15 bits per heavy atom. The fraction of sp³-hybridized carbons (Fsp3) is 0. The quantitative estimate of drug-likeness (QED) is 0.517. The van der Waals surface area contributed by atoms with Crippen molar-refractivity contribution in [2.24, 2.45) is 0 Å². The Morgan fingerprint density at radius 1 is 0.852 bits per heavy atom. The number of nitrogens with one attached hydrogen (secondary N) is 1. The van der Waals surface area contributed by atoms with Crippen molar-refractivity contribution in [3.05, 3.63) is 102 Å². The van der Waals surface area contributed by atoms with Gasteiger partial charge < -0.3 is 5.32 Å². The van der Waals surface area contributed by atoms with E-state index in [9.17, 15) is 4.79 Å². The second-order valence-electron chi connectivity index (χ2n) is 5.99. The Morgan fingerprint density at radius 2 is 1.48 bits per heavy atom. The molecule has 0 aliphatic carbocycles. The highest BCUT2D eigenvalue weighted by atomic mass is 35.5. The van der Waals surface area contributed by atoms with Gasteiger partial charge in [0.05, 0.1) is 11.4 Å². The Kier molecular flexibility index (Phi) is 4.73. The zero-order chi connectivity index (χ0) is 18.6. The van der Waals surface area contributed by atoms with E-state index in [-0.39, 0.29) is 5.91 Å². The Bertz CT molecular complexity index is 1060. The van der Waals surface area contributed by atoms with Crippen LogP contribution >= 0.6 is 11.6 Å². The van der Waals surface area contributed by atoms with Crippen LogP contribution in [0.3, 0.4) is 0 Å². The van der Waals surface area contributed by atoms with Crippen LogP contribution in [0.1, 0.15) is 10.4 Å². The molecule has 0 saturated carbocycles. The van der Waals surface area contributed by atoms with Crippen molar-refractivity contribution in [1.82, 2.24) is 9.78 Å². The van der Waals surface area contributed by atoms with E-state index >= 15 is 0 Å². The first-order valence-corrected chi connectivity index (χ1v) is 8.86. The van der Waals surface area contributed by atoms with Crippen LogP contribution in [-0.2, 0) is 0 Å². The molecule has 0 bridgehead atoms.